The molecule has 0 aromatic carbocycles. The van der Waals surface area contributed by atoms with E-state index in [2.05, 4.69) is 5.32 Å². The second-order valence-corrected chi connectivity index (χ2v) is 8.69. The maximum absolute atomic E-state index is 10.3. The predicted molar refractivity (Wildman–Crippen MR) is 122 cm³/mol. The van der Waals surface area contributed by atoms with Crippen LogP contribution >= 0.6 is 0 Å². The van der Waals surface area contributed by atoms with Gasteiger partial charge in [-0.1, -0.05) is 103 Å². The van der Waals surface area contributed by atoms with Gasteiger partial charge < -0.3 is 9.90 Å². The van der Waals surface area contributed by atoms with Crippen molar-refractivity contribution >= 4 is 11.9 Å². The molecule has 0 aliphatic carbocycles. The number of hydrogen-bond acceptors (Lipinski definition) is 2. The fourth-order valence-electron chi connectivity index (χ4n) is 3.60. The Morgan fingerprint density at radius 1 is 0.655 bits per heavy atom. The Balaban J connectivity index is 3.08. The predicted octanol–water partition coefficient (Wildman–Crippen LogP) is 4.32. The lowest BCUT2D eigenvalue weighted by atomic mass is 10.0. The summed E-state index contributed by atoms with van der Waals surface area (Å²) in [6, 6.07) is 0. The van der Waals surface area contributed by atoms with Gasteiger partial charge in [-0.25, -0.2) is 0 Å². The highest BCUT2D eigenvalue weighted by Crippen LogP contribution is 2.14. The van der Waals surface area contributed by atoms with Crippen molar-refractivity contribution in [3.8, 4) is 0 Å². The number of aliphatic carboxylic acids is 1. The number of guanidine groups is 1. The molecule has 0 heterocycles. The molecule has 0 radical (unpaired) electrons. The third-order valence-electron chi connectivity index (χ3n) is 5.60. The summed E-state index contributed by atoms with van der Waals surface area (Å²) in [6.45, 7) is 0.981. The van der Waals surface area contributed by atoms with Crippen LogP contribution in [0.2, 0.25) is 0 Å². The smallest absolute Gasteiger partial charge is 0.342 e. The minimum Gasteiger partial charge on any atom is -0.550 e. The molecule has 0 spiro atoms. The van der Waals surface area contributed by atoms with Crippen molar-refractivity contribution in [2.75, 3.05) is 20.6 Å². The van der Waals surface area contributed by atoms with Gasteiger partial charge in [-0.3, -0.25) is 15.6 Å². The van der Waals surface area contributed by atoms with Crippen molar-refractivity contribution in [1.29, 1.82) is 0 Å². The first kappa shape index (κ1) is 27.7. The molecule has 29 heavy (non-hydrogen) atoms. The molecule has 5 nitrogen and oxygen atoms in total. The number of nitrogens with two attached hydrogens (primary N) is 1. The zero-order chi connectivity index (χ0) is 21.6. The molecular weight excluding hydrogens is 362 g/mol. The molecule has 3 N–H and O–H groups in total. The Labute approximate surface area is 180 Å². The zero-order valence-electron chi connectivity index (χ0n) is 19.5. The van der Waals surface area contributed by atoms with Crippen LogP contribution in [0, 0.1) is 0 Å². The Kier molecular flexibility index (Phi) is 20.5. The largest absolute Gasteiger partial charge is 0.550 e. The van der Waals surface area contributed by atoms with Crippen LogP contribution in [0.25, 0.3) is 0 Å². The van der Waals surface area contributed by atoms with Crippen molar-refractivity contribution in [1.82, 2.24) is 5.32 Å². The van der Waals surface area contributed by atoms with Gasteiger partial charge in [0.15, 0.2) is 0 Å². The Bertz CT molecular complexity index is 407. The monoisotopic (exact) mass is 411 g/mol. The standard InChI is InChI=1S/C24H49N3O2/c1-27(2)24(25)26-22-20-18-16-14-12-10-8-6-4-3-5-7-9-11-13-15-17-19-21-23(28)29/h3-22H2,1-2H3,(H3,25,26,28,29). The summed E-state index contributed by atoms with van der Waals surface area (Å²) in [4.78, 5) is 10.3. The molecule has 0 unspecified atom stereocenters. The third kappa shape index (κ3) is 22.9. The van der Waals surface area contributed by atoms with Gasteiger partial charge in [0.25, 0.3) is 0 Å². The van der Waals surface area contributed by atoms with Gasteiger partial charge in [0.1, 0.15) is 0 Å². The van der Waals surface area contributed by atoms with Crippen molar-refractivity contribution in [3.63, 3.8) is 0 Å². The van der Waals surface area contributed by atoms with E-state index in [1.165, 1.54) is 103 Å². The van der Waals surface area contributed by atoms with E-state index >= 15 is 0 Å². The molecule has 172 valence electrons. The summed E-state index contributed by atoms with van der Waals surface area (Å²) in [5, 5.41) is 13.5. The molecule has 0 rings (SSSR count). The number of nitrogens with one attached hydrogen (secondary N) is 1. The lowest BCUT2D eigenvalue weighted by Gasteiger charge is -2.04. The van der Waals surface area contributed by atoms with E-state index in [4.69, 9.17) is 5.73 Å². The highest BCUT2D eigenvalue weighted by molar-refractivity contribution is 5.72. The maximum Gasteiger partial charge on any atom is 0.342 e. The maximum atomic E-state index is 10.3. The van der Waals surface area contributed by atoms with E-state index < -0.39 is 5.97 Å². The quantitative estimate of drug-likeness (QED) is 0.127. The average molecular weight is 412 g/mol. The number of carbonyl (C=O) groups is 1. The lowest BCUT2D eigenvalue weighted by molar-refractivity contribution is -0.467. The molecule has 0 aromatic heterocycles. The highest BCUT2D eigenvalue weighted by Gasteiger charge is 1.99. The van der Waals surface area contributed by atoms with E-state index in [0.29, 0.717) is 0 Å². The summed E-state index contributed by atoms with van der Waals surface area (Å²) in [6.07, 6.45) is 23.5. The first-order valence-corrected chi connectivity index (χ1v) is 12.3. The van der Waals surface area contributed by atoms with Gasteiger partial charge in [0, 0.05) is 5.97 Å². The van der Waals surface area contributed by atoms with Gasteiger partial charge >= 0.3 is 5.96 Å². The first-order valence-electron chi connectivity index (χ1n) is 12.3. The van der Waals surface area contributed by atoms with E-state index in [0.717, 1.165) is 25.3 Å². The SMILES string of the molecule is C[N+](C)=C(N)NCCCCCCCCCCCCCCCCCCCCC(=O)[O-]. The molecule has 0 saturated heterocycles. The van der Waals surface area contributed by atoms with Crippen LogP contribution in [0.15, 0.2) is 0 Å². The van der Waals surface area contributed by atoms with Crippen molar-refractivity contribution in [3.05, 3.63) is 0 Å². The molecule has 0 aromatic rings. The summed E-state index contributed by atoms with van der Waals surface area (Å²) in [5.74, 6) is -0.150. The van der Waals surface area contributed by atoms with Crippen molar-refractivity contribution < 1.29 is 14.5 Å². The van der Waals surface area contributed by atoms with Crippen molar-refractivity contribution in [2.24, 2.45) is 5.73 Å². The van der Waals surface area contributed by atoms with Crippen LogP contribution in [-0.4, -0.2) is 37.1 Å². The third-order valence-corrected chi connectivity index (χ3v) is 5.60. The molecular formula is C24H49N3O2. The van der Waals surface area contributed by atoms with Gasteiger partial charge in [-0.15, -0.1) is 0 Å². The molecule has 0 aliphatic rings. The molecule has 0 bridgehead atoms. The Morgan fingerprint density at radius 3 is 1.28 bits per heavy atom. The molecule has 0 fully saturated rings. The lowest BCUT2D eigenvalue weighted by Crippen LogP contribution is -2.38. The first-order chi connectivity index (χ1) is 14.0. The number of rotatable bonds is 21. The molecule has 5 heteroatoms. The normalized spacial score (nSPS) is 10.8. The van der Waals surface area contributed by atoms with E-state index in [-0.39, 0.29) is 6.42 Å². The van der Waals surface area contributed by atoms with Gasteiger partial charge in [0.05, 0.1) is 20.6 Å². The second-order valence-electron chi connectivity index (χ2n) is 8.69. The summed E-state index contributed by atoms with van der Waals surface area (Å²) in [5.41, 5.74) is 5.82. The molecule has 0 atom stereocenters. The van der Waals surface area contributed by atoms with E-state index in [1.54, 1.807) is 0 Å². The van der Waals surface area contributed by atoms with Crippen LogP contribution in [0.5, 0.6) is 0 Å². The molecule has 0 saturated carbocycles. The summed E-state index contributed by atoms with van der Waals surface area (Å²) < 4.78 is 1.91. The summed E-state index contributed by atoms with van der Waals surface area (Å²) in [7, 11) is 3.91. The van der Waals surface area contributed by atoms with Crippen LogP contribution in [0.1, 0.15) is 122 Å². The fraction of sp³-hybridized carbons (Fsp3) is 0.917. The minimum atomic E-state index is -0.908. The second kappa shape index (κ2) is 21.4. The van der Waals surface area contributed by atoms with Crippen molar-refractivity contribution in [2.45, 2.75) is 122 Å². The van der Waals surface area contributed by atoms with Gasteiger partial charge in [-0.2, -0.15) is 0 Å². The average Bonchev–Trinajstić information content (AvgIpc) is 2.68. The number of carboxylic acids is 1. The Morgan fingerprint density at radius 2 is 0.966 bits per heavy atom. The van der Waals surface area contributed by atoms with Crippen LogP contribution < -0.4 is 16.2 Å². The topological polar surface area (TPSA) is 81.2 Å². The van der Waals surface area contributed by atoms with E-state index in [9.17, 15) is 9.90 Å². The fourth-order valence-corrected chi connectivity index (χ4v) is 3.60. The zero-order valence-corrected chi connectivity index (χ0v) is 19.5. The number of unbranched alkanes of at least 4 members (excludes halogenated alkanes) is 17. The highest BCUT2D eigenvalue weighted by atomic mass is 16.4. The Hall–Kier alpha value is -1.26. The van der Waals surface area contributed by atoms with Crippen LogP contribution in [0.4, 0.5) is 0 Å². The molecule has 0 amide bonds. The van der Waals surface area contributed by atoms with Crippen LogP contribution in [-0.2, 0) is 4.79 Å². The minimum absolute atomic E-state index is 0.226. The summed E-state index contributed by atoms with van der Waals surface area (Å²) >= 11 is 0. The number of hydrogen-bond donors (Lipinski definition) is 2. The molecule has 0 aliphatic heterocycles. The van der Waals surface area contributed by atoms with Crippen LogP contribution in [0.3, 0.4) is 0 Å². The van der Waals surface area contributed by atoms with Gasteiger partial charge in [0.2, 0.25) is 0 Å². The van der Waals surface area contributed by atoms with Gasteiger partial charge in [-0.05, 0) is 19.3 Å². The number of carboxylic acid groups (broad SMARTS) is 1. The number of carbonyl (C=O) groups excluding carboxylic acids is 1. The number of nitrogens with zero attached hydrogens (tertiary/aromatic N) is 1. The van der Waals surface area contributed by atoms with E-state index in [1.807, 2.05) is 18.7 Å².